The molecule has 1 heterocycles. The third-order valence-electron chi connectivity index (χ3n) is 3.63. The van der Waals surface area contributed by atoms with Gasteiger partial charge in [-0.2, -0.15) is 0 Å². The molecule has 3 heteroatoms. The molecule has 0 radical (unpaired) electrons. The van der Waals surface area contributed by atoms with Gasteiger partial charge in [0.25, 0.3) is 0 Å². The first-order valence-corrected chi connectivity index (χ1v) is 6.45. The van der Waals surface area contributed by atoms with Crippen LogP contribution in [0.5, 0.6) is 5.75 Å². The SMILES string of the molecule is CCN(CC)CC1COc2ccccc2C1N. The number of ether oxygens (including phenoxy) is 1. The van der Waals surface area contributed by atoms with Gasteiger partial charge in [0.2, 0.25) is 0 Å². The van der Waals surface area contributed by atoms with Crippen LogP contribution in [0.15, 0.2) is 24.3 Å². The molecular formula is C14H22N2O. The van der Waals surface area contributed by atoms with Crippen molar-refractivity contribution in [3.8, 4) is 5.75 Å². The van der Waals surface area contributed by atoms with Crippen molar-refractivity contribution < 1.29 is 4.74 Å². The normalized spacial score (nSPS) is 23.3. The first-order valence-electron chi connectivity index (χ1n) is 6.45. The lowest BCUT2D eigenvalue weighted by Gasteiger charge is -2.34. The van der Waals surface area contributed by atoms with E-state index < -0.39 is 0 Å². The van der Waals surface area contributed by atoms with E-state index in [1.165, 1.54) is 0 Å². The van der Waals surface area contributed by atoms with Gasteiger partial charge in [-0.1, -0.05) is 32.0 Å². The minimum absolute atomic E-state index is 0.0977. The quantitative estimate of drug-likeness (QED) is 0.866. The predicted octanol–water partition coefficient (Wildman–Crippen LogP) is 2.04. The van der Waals surface area contributed by atoms with E-state index in [4.69, 9.17) is 10.5 Å². The molecule has 3 nitrogen and oxygen atoms in total. The van der Waals surface area contributed by atoms with E-state index in [0.717, 1.165) is 37.6 Å². The Morgan fingerprint density at radius 2 is 2.00 bits per heavy atom. The third-order valence-corrected chi connectivity index (χ3v) is 3.63. The van der Waals surface area contributed by atoms with Crippen molar-refractivity contribution in [3.05, 3.63) is 29.8 Å². The van der Waals surface area contributed by atoms with E-state index in [9.17, 15) is 0 Å². The molecule has 2 atom stereocenters. The monoisotopic (exact) mass is 234 g/mol. The Labute approximate surface area is 104 Å². The minimum Gasteiger partial charge on any atom is -0.493 e. The Hall–Kier alpha value is -1.06. The van der Waals surface area contributed by atoms with Crippen molar-refractivity contribution in [1.82, 2.24) is 4.90 Å². The molecule has 2 unspecified atom stereocenters. The van der Waals surface area contributed by atoms with E-state index in [0.29, 0.717) is 5.92 Å². The van der Waals surface area contributed by atoms with E-state index in [1.807, 2.05) is 18.2 Å². The molecule has 0 saturated heterocycles. The number of hydrogen-bond donors (Lipinski definition) is 1. The molecule has 2 N–H and O–H groups in total. The number of rotatable bonds is 4. The van der Waals surface area contributed by atoms with Gasteiger partial charge in [0.15, 0.2) is 0 Å². The number of benzene rings is 1. The van der Waals surface area contributed by atoms with Crippen molar-refractivity contribution in [2.75, 3.05) is 26.2 Å². The van der Waals surface area contributed by atoms with Gasteiger partial charge in [0, 0.05) is 24.1 Å². The molecule has 94 valence electrons. The van der Waals surface area contributed by atoms with Gasteiger partial charge in [-0.25, -0.2) is 0 Å². The zero-order chi connectivity index (χ0) is 12.3. The first kappa shape index (κ1) is 12.4. The second kappa shape index (κ2) is 5.52. The molecule has 0 saturated carbocycles. The van der Waals surface area contributed by atoms with E-state index in [-0.39, 0.29) is 6.04 Å². The van der Waals surface area contributed by atoms with Crippen LogP contribution in [0, 0.1) is 5.92 Å². The maximum Gasteiger partial charge on any atom is 0.124 e. The molecular weight excluding hydrogens is 212 g/mol. The van der Waals surface area contributed by atoms with Crippen molar-refractivity contribution in [1.29, 1.82) is 0 Å². The van der Waals surface area contributed by atoms with Gasteiger partial charge >= 0.3 is 0 Å². The fourth-order valence-electron chi connectivity index (χ4n) is 2.42. The number of fused-ring (bicyclic) bond motifs is 1. The topological polar surface area (TPSA) is 38.5 Å². The summed E-state index contributed by atoms with van der Waals surface area (Å²) in [6, 6.07) is 8.20. The van der Waals surface area contributed by atoms with Gasteiger partial charge in [0.1, 0.15) is 5.75 Å². The van der Waals surface area contributed by atoms with Crippen LogP contribution < -0.4 is 10.5 Å². The second-order valence-corrected chi connectivity index (χ2v) is 4.62. The third kappa shape index (κ3) is 2.61. The van der Waals surface area contributed by atoms with Crippen LogP contribution in [-0.2, 0) is 0 Å². The van der Waals surface area contributed by atoms with Gasteiger partial charge in [-0.3, -0.25) is 0 Å². The molecule has 0 fully saturated rings. The molecule has 0 spiro atoms. The second-order valence-electron chi connectivity index (χ2n) is 4.62. The van der Waals surface area contributed by atoms with E-state index >= 15 is 0 Å². The van der Waals surface area contributed by atoms with Crippen LogP contribution in [-0.4, -0.2) is 31.1 Å². The van der Waals surface area contributed by atoms with Crippen molar-refractivity contribution in [2.24, 2.45) is 11.7 Å². The van der Waals surface area contributed by atoms with Crippen LogP contribution >= 0.6 is 0 Å². The van der Waals surface area contributed by atoms with E-state index in [1.54, 1.807) is 0 Å². The summed E-state index contributed by atoms with van der Waals surface area (Å²) in [5, 5.41) is 0. The highest BCUT2D eigenvalue weighted by Gasteiger charge is 2.28. The Balaban J connectivity index is 2.09. The number of nitrogens with zero attached hydrogens (tertiary/aromatic N) is 1. The number of para-hydroxylation sites is 1. The summed E-state index contributed by atoms with van der Waals surface area (Å²) >= 11 is 0. The largest absolute Gasteiger partial charge is 0.493 e. The van der Waals surface area contributed by atoms with Gasteiger partial charge in [-0.05, 0) is 19.2 Å². The lowest BCUT2D eigenvalue weighted by Crippen LogP contribution is -2.40. The van der Waals surface area contributed by atoms with Crippen LogP contribution in [0.3, 0.4) is 0 Å². The first-order chi connectivity index (χ1) is 8.26. The minimum atomic E-state index is 0.0977. The van der Waals surface area contributed by atoms with Crippen LogP contribution in [0.25, 0.3) is 0 Å². The zero-order valence-electron chi connectivity index (χ0n) is 10.7. The Kier molecular flexibility index (Phi) is 4.02. The predicted molar refractivity (Wildman–Crippen MR) is 70.1 cm³/mol. The lowest BCUT2D eigenvalue weighted by molar-refractivity contribution is 0.144. The van der Waals surface area contributed by atoms with Crippen molar-refractivity contribution in [3.63, 3.8) is 0 Å². The summed E-state index contributed by atoms with van der Waals surface area (Å²) in [6.45, 7) is 8.26. The standard InChI is InChI=1S/C14H22N2O/c1-3-16(4-2)9-11-10-17-13-8-6-5-7-12(13)14(11)15/h5-8,11,14H,3-4,9-10,15H2,1-2H3. The molecule has 0 amide bonds. The smallest absolute Gasteiger partial charge is 0.124 e. The molecule has 1 aromatic rings. The van der Waals surface area contributed by atoms with Crippen molar-refractivity contribution >= 4 is 0 Å². The number of hydrogen-bond acceptors (Lipinski definition) is 3. The molecule has 17 heavy (non-hydrogen) atoms. The fraction of sp³-hybridized carbons (Fsp3) is 0.571. The summed E-state index contributed by atoms with van der Waals surface area (Å²) in [5.74, 6) is 1.35. The fourth-order valence-corrected chi connectivity index (χ4v) is 2.42. The molecule has 0 aliphatic carbocycles. The van der Waals surface area contributed by atoms with Gasteiger partial charge in [-0.15, -0.1) is 0 Å². The lowest BCUT2D eigenvalue weighted by atomic mass is 9.91. The highest BCUT2D eigenvalue weighted by Crippen LogP contribution is 2.33. The molecule has 0 aromatic heterocycles. The molecule has 1 aliphatic rings. The Bertz CT molecular complexity index is 363. The average molecular weight is 234 g/mol. The molecule has 2 rings (SSSR count). The summed E-state index contributed by atoms with van der Waals surface area (Å²) < 4.78 is 5.79. The highest BCUT2D eigenvalue weighted by molar-refractivity contribution is 5.37. The van der Waals surface area contributed by atoms with Crippen LogP contribution in [0.1, 0.15) is 25.5 Å². The summed E-state index contributed by atoms with van der Waals surface area (Å²) in [6.07, 6.45) is 0. The summed E-state index contributed by atoms with van der Waals surface area (Å²) in [5.41, 5.74) is 7.49. The molecule has 1 aromatic carbocycles. The van der Waals surface area contributed by atoms with Crippen LogP contribution in [0.2, 0.25) is 0 Å². The highest BCUT2D eigenvalue weighted by atomic mass is 16.5. The maximum atomic E-state index is 6.34. The van der Waals surface area contributed by atoms with E-state index in [2.05, 4.69) is 24.8 Å². The zero-order valence-corrected chi connectivity index (χ0v) is 10.7. The maximum absolute atomic E-state index is 6.34. The molecule has 1 aliphatic heterocycles. The summed E-state index contributed by atoms with van der Waals surface area (Å²) in [7, 11) is 0. The van der Waals surface area contributed by atoms with Gasteiger partial charge < -0.3 is 15.4 Å². The van der Waals surface area contributed by atoms with Crippen molar-refractivity contribution in [2.45, 2.75) is 19.9 Å². The molecule has 0 bridgehead atoms. The average Bonchev–Trinajstić information content (AvgIpc) is 2.38. The number of nitrogens with two attached hydrogens (primary N) is 1. The van der Waals surface area contributed by atoms with Crippen LogP contribution in [0.4, 0.5) is 0 Å². The summed E-state index contributed by atoms with van der Waals surface area (Å²) in [4.78, 5) is 2.40. The Morgan fingerprint density at radius 3 is 2.71 bits per heavy atom. The Morgan fingerprint density at radius 1 is 1.29 bits per heavy atom. The van der Waals surface area contributed by atoms with Gasteiger partial charge in [0.05, 0.1) is 6.61 Å².